The van der Waals surface area contributed by atoms with E-state index in [0.29, 0.717) is 0 Å². The lowest BCUT2D eigenvalue weighted by molar-refractivity contribution is 0.219. The summed E-state index contributed by atoms with van der Waals surface area (Å²) in [5.74, 6) is 1.95. The van der Waals surface area contributed by atoms with E-state index in [1.807, 2.05) is 23.9 Å². The Labute approximate surface area is 115 Å². The standard InChI is InChI=1S/C14H15NOS2/c1-2-5-10-8-18-14(15-10)12-9-17-13-7-4-3-6-11(13)16-12/h3-4,6-8,12H,2,5,9H2,1H3. The number of hydrogen-bond donors (Lipinski definition) is 0. The van der Waals surface area contributed by atoms with Gasteiger partial charge in [-0.05, 0) is 18.6 Å². The van der Waals surface area contributed by atoms with Gasteiger partial charge >= 0.3 is 0 Å². The molecule has 0 fully saturated rings. The molecule has 0 bridgehead atoms. The first-order valence-corrected chi connectivity index (χ1v) is 8.06. The fraction of sp³-hybridized carbons (Fsp3) is 0.357. The molecule has 0 saturated carbocycles. The van der Waals surface area contributed by atoms with Crippen LogP contribution >= 0.6 is 23.1 Å². The van der Waals surface area contributed by atoms with E-state index in [1.54, 1.807) is 11.3 Å². The molecule has 1 atom stereocenters. The van der Waals surface area contributed by atoms with Crippen molar-refractivity contribution in [1.29, 1.82) is 0 Å². The molecule has 0 aliphatic carbocycles. The van der Waals surface area contributed by atoms with Gasteiger partial charge in [0.05, 0.1) is 5.69 Å². The molecule has 2 heterocycles. The second-order valence-electron chi connectivity index (χ2n) is 4.29. The van der Waals surface area contributed by atoms with Crippen LogP contribution < -0.4 is 4.74 Å². The minimum absolute atomic E-state index is 0.112. The van der Waals surface area contributed by atoms with Gasteiger partial charge in [-0.15, -0.1) is 23.1 Å². The summed E-state index contributed by atoms with van der Waals surface area (Å²) in [7, 11) is 0. The number of ether oxygens (including phenoxy) is 1. The average Bonchev–Trinajstić information content (AvgIpc) is 2.87. The van der Waals surface area contributed by atoms with E-state index in [1.165, 1.54) is 10.6 Å². The Morgan fingerprint density at radius 1 is 1.39 bits per heavy atom. The minimum atomic E-state index is 0.112. The third-order valence-corrected chi connectivity index (χ3v) is 4.96. The van der Waals surface area contributed by atoms with Crippen molar-refractivity contribution in [2.24, 2.45) is 0 Å². The number of rotatable bonds is 3. The fourth-order valence-corrected chi connectivity index (χ4v) is 3.96. The van der Waals surface area contributed by atoms with Crippen LogP contribution in [0, 0.1) is 0 Å². The lowest BCUT2D eigenvalue weighted by Gasteiger charge is -2.23. The molecule has 1 aliphatic rings. The molecule has 2 aromatic rings. The summed E-state index contributed by atoms with van der Waals surface area (Å²) in [5, 5.41) is 3.27. The number of aromatic nitrogens is 1. The Hall–Kier alpha value is -1.00. The summed E-state index contributed by atoms with van der Waals surface area (Å²) in [6.45, 7) is 2.18. The summed E-state index contributed by atoms with van der Waals surface area (Å²) in [4.78, 5) is 5.91. The van der Waals surface area contributed by atoms with Crippen molar-refractivity contribution < 1.29 is 4.74 Å². The monoisotopic (exact) mass is 277 g/mol. The van der Waals surface area contributed by atoms with Gasteiger partial charge in [0.15, 0.2) is 6.10 Å². The van der Waals surface area contributed by atoms with E-state index >= 15 is 0 Å². The normalized spacial score (nSPS) is 18.2. The molecule has 1 aromatic heterocycles. The van der Waals surface area contributed by atoms with Crippen molar-refractivity contribution in [3.8, 4) is 5.75 Å². The number of aryl methyl sites for hydroxylation is 1. The van der Waals surface area contributed by atoms with Crippen LogP contribution in [0.15, 0.2) is 34.5 Å². The van der Waals surface area contributed by atoms with E-state index in [0.717, 1.165) is 29.4 Å². The fourth-order valence-electron chi connectivity index (χ4n) is 1.98. The van der Waals surface area contributed by atoms with Gasteiger partial charge in [0, 0.05) is 16.0 Å². The van der Waals surface area contributed by atoms with Crippen molar-refractivity contribution in [3.05, 3.63) is 40.3 Å². The van der Waals surface area contributed by atoms with Crippen molar-refractivity contribution in [2.75, 3.05) is 5.75 Å². The molecule has 1 unspecified atom stereocenters. The summed E-state index contributed by atoms with van der Waals surface area (Å²) in [5.41, 5.74) is 1.20. The van der Waals surface area contributed by atoms with Gasteiger partial charge in [-0.1, -0.05) is 25.5 Å². The molecule has 18 heavy (non-hydrogen) atoms. The van der Waals surface area contributed by atoms with Gasteiger partial charge in [-0.25, -0.2) is 4.98 Å². The maximum atomic E-state index is 6.04. The molecular formula is C14H15NOS2. The number of nitrogens with zero attached hydrogens (tertiary/aromatic N) is 1. The zero-order chi connectivity index (χ0) is 12.4. The molecular weight excluding hydrogens is 262 g/mol. The van der Waals surface area contributed by atoms with Gasteiger partial charge in [0.25, 0.3) is 0 Å². The molecule has 0 saturated heterocycles. The van der Waals surface area contributed by atoms with Crippen LogP contribution in [0.25, 0.3) is 0 Å². The molecule has 1 aliphatic heterocycles. The van der Waals surface area contributed by atoms with Crippen LogP contribution in [0.1, 0.15) is 30.2 Å². The van der Waals surface area contributed by atoms with E-state index in [2.05, 4.69) is 29.4 Å². The number of para-hydroxylation sites is 1. The Morgan fingerprint density at radius 2 is 2.28 bits per heavy atom. The second-order valence-corrected chi connectivity index (χ2v) is 6.24. The third kappa shape index (κ3) is 2.40. The van der Waals surface area contributed by atoms with E-state index in [4.69, 9.17) is 4.74 Å². The smallest absolute Gasteiger partial charge is 0.159 e. The maximum Gasteiger partial charge on any atom is 0.159 e. The number of thioether (sulfide) groups is 1. The highest BCUT2D eigenvalue weighted by molar-refractivity contribution is 7.99. The van der Waals surface area contributed by atoms with Gasteiger partial charge < -0.3 is 4.74 Å². The molecule has 3 rings (SSSR count). The van der Waals surface area contributed by atoms with Crippen LogP contribution in [-0.4, -0.2) is 10.7 Å². The first kappa shape index (κ1) is 12.1. The molecule has 0 spiro atoms. The highest BCUT2D eigenvalue weighted by Crippen LogP contribution is 2.40. The van der Waals surface area contributed by atoms with E-state index in [-0.39, 0.29) is 6.10 Å². The van der Waals surface area contributed by atoms with Crippen molar-refractivity contribution in [2.45, 2.75) is 30.8 Å². The van der Waals surface area contributed by atoms with Crippen LogP contribution in [0.4, 0.5) is 0 Å². The third-order valence-electron chi connectivity index (χ3n) is 2.86. The Balaban J connectivity index is 1.78. The Kier molecular flexibility index (Phi) is 3.57. The molecule has 0 amide bonds. The number of thiazole rings is 1. The minimum Gasteiger partial charge on any atom is -0.481 e. The predicted molar refractivity (Wildman–Crippen MR) is 76.6 cm³/mol. The summed E-state index contributed by atoms with van der Waals surface area (Å²) in [6.07, 6.45) is 2.32. The lowest BCUT2D eigenvalue weighted by atomic mass is 10.3. The molecule has 0 radical (unpaired) electrons. The van der Waals surface area contributed by atoms with Crippen molar-refractivity contribution in [3.63, 3.8) is 0 Å². The second kappa shape index (κ2) is 5.33. The van der Waals surface area contributed by atoms with Crippen LogP contribution in [0.2, 0.25) is 0 Å². The first-order valence-electron chi connectivity index (χ1n) is 6.19. The molecule has 4 heteroatoms. The van der Waals surface area contributed by atoms with Gasteiger partial charge in [-0.2, -0.15) is 0 Å². The SMILES string of the molecule is CCCc1csc(C2CSc3ccccc3O2)n1. The van der Waals surface area contributed by atoms with Crippen LogP contribution in [-0.2, 0) is 6.42 Å². The zero-order valence-electron chi connectivity index (χ0n) is 10.3. The average molecular weight is 277 g/mol. The van der Waals surface area contributed by atoms with Gasteiger partial charge in [-0.3, -0.25) is 0 Å². The molecule has 94 valence electrons. The summed E-state index contributed by atoms with van der Waals surface area (Å²) < 4.78 is 6.04. The Morgan fingerprint density at radius 3 is 3.17 bits per heavy atom. The molecule has 0 N–H and O–H groups in total. The van der Waals surface area contributed by atoms with Crippen molar-refractivity contribution in [1.82, 2.24) is 4.98 Å². The summed E-state index contributed by atoms with van der Waals surface area (Å²) in [6, 6.07) is 8.22. The van der Waals surface area contributed by atoms with E-state index in [9.17, 15) is 0 Å². The maximum absolute atomic E-state index is 6.04. The number of hydrogen-bond acceptors (Lipinski definition) is 4. The van der Waals surface area contributed by atoms with E-state index < -0.39 is 0 Å². The highest BCUT2D eigenvalue weighted by Gasteiger charge is 2.23. The van der Waals surface area contributed by atoms with Crippen LogP contribution in [0.3, 0.4) is 0 Å². The van der Waals surface area contributed by atoms with Crippen molar-refractivity contribution >= 4 is 23.1 Å². The topological polar surface area (TPSA) is 22.1 Å². The van der Waals surface area contributed by atoms with Gasteiger partial charge in [0.1, 0.15) is 10.8 Å². The molecule has 2 nitrogen and oxygen atoms in total. The Bertz CT molecular complexity index is 538. The summed E-state index contributed by atoms with van der Waals surface area (Å²) >= 11 is 3.58. The molecule has 1 aromatic carbocycles. The largest absolute Gasteiger partial charge is 0.481 e. The zero-order valence-corrected chi connectivity index (χ0v) is 11.9. The predicted octanol–water partition coefficient (Wildman–Crippen LogP) is 4.32. The number of fused-ring (bicyclic) bond motifs is 1. The highest BCUT2D eigenvalue weighted by atomic mass is 32.2. The first-order chi connectivity index (χ1) is 8.86. The lowest BCUT2D eigenvalue weighted by Crippen LogP contribution is -2.14. The quantitative estimate of drug-likeness (QED) is 0.834. The number of benzene rings is 1. The van der Waals surface area contributed by atoms with Gasteiger partial charge in [0.2, 0.25) is 0 Å². The van der Waals surface area contributed by atoms with Crippen LogP contribution in [0.5, 0.6) is 5.75 Å².